The number of anilines is 1. The molecule has 1 amide bonds. The highest BCUT2D eigenvalue weighted by molar-refractivity contribution is 7.12. The van der Waals surface area contributed by atoms with E-state index >= 15 is 0 Å². The standard InChI is InChI=1S/C16H19NO2S/c1-11(2)15-8-7-14(20-15)10-12-5-4-6-13(9-12)17-16(18)19-3/h4-9,11H,10H2,1-3H3,(H,17,18). The Morgan fingerprint density at radius 1 is 1.30 bits per heavy atom. The van der Waals surface area contributed by atoms with Crippen molar-refractivity contribution in [3.8, 4) is 0 Å². The highest BCUT2D eigenvalue weighted by Gasteiger charge is 2.06. The van der Waals surface area contributed by atoms with Crippen LogP contribution in [0.3, 0.4) is 0 Å². The molecule has 20 heavy (non-hydrogen) atoms. The molecule has 0 unspecified atom stereocenters. The molecule has 0 saturated carbocycles. The van der Waals surface area contributed by atoms with Crippen LogP contribution >= 0.6 is 11.3 Å². The zero-order valence-electron chi connectivity index (χ0n) is 12.0. The third-order valence-electron chi connectivity index (χ3n) is 2.99. The number of benzene rings is 1. The Morgan fingerprint density at radius 2 is 2.10 bits per heavy atom. The number of carbonyl (C=O) groups is 1. The van der Waals surface area contributed by atoms with Gasteiger partial charge in [0.15, 0.2) is 0 Å². The summed E-state index contributed by atoms with van der Waals surface area (Å²) in [7, 11) is 1.36. The summed E-state index contributed by atoms with van der Waals surface area (Å²) < 4.78 is 4.59. The van der Waals surface area contributed by atoms with Crippen LogP contribution in [0.25, 0.3) is 0 Å². The van der Waals surface area contributed by atoms with E-state index in [0.717, 1.165) is 12.1 Å². The second kappa shape index (κ2) is 6.57. The van der Waals surface area contributed by atoms with Gasteiger partial charge < -0.3 is 4.74 Å². The molecule has 0 aliphatic rings. The van der Waals surface area contributed by atoms with Gasteiger partial charge in [-0.2, -0.15) is 0 Å². The van der Waals surface area contributed by atoms with Crippen molar-refractivity contribution in [2.24, 2.45) is 0 Å². The van der Waals surface area contributed by atoms with E-state index in [4.69, 9.17) is 0 Å². The second-order valence-electron chi connectivity index (χ2n) is 4.95. The molecule has 0 aliphatic carbocycles. The van der Waals surface area contributed by atoms with E-state index in [9.17, 15) is 4.79 Å². The van der Waals surface area contributed by atoms with Crippen molar-refractivity contribution in [3.05, 3.63) is 51.7 Å². The van der Waals surface area contributed by atoms with Crippen molar-refractivity contribution in [3.63, 3.8) is 0 Å². The summed E-state index contributed by atoms with van der Waals surface area (Å²) in [5, 5.41) is 2.68. The minimum atomic E-state index is -0.444. The lowest BCUT2D eigenvalue weighted by molar-refractivity contribution is 0.187. The molecule has 1 aromatic carbocycles. The lowest BCUT2D eigenvalue weighted by Gasteiger charge is -2.06. The lowest BCUT2D eigenvalue weighted by Crippen LogP contribution is -2.10. The average Bonchev–Trinajstić information content (AvgIpc) is 2.87. The first-order chi connectivity index (χ1) is 9.58. The third-order valence-corrected chi connectivity index (χ3v) is 4.37. The van der Waals surface area contributed by atoms with Crippen LogP contribution in [0.2, 0.25) is 0 Å². The molecule has 106 valence electrons. The van der Waals surface area contributed by atoms with E-state index in [1.165, 1.54) is 22.4 Å². The van der Waals surface area contributed by atoms with Crippen molar-refractivity contribution in [2.45, 2.75) is 26.2 Å². The van der Waals surface area contributed by atoms with E-state index in [-0.39, 0.29) is 0 Å². The molecule has 1 heterocycles. The molecule has 3 nitrogen and oxygen atoms in total. The molecule has 4 heteroatoms. The molecule has 0 aliphatic heterocycles. The number of rotatable bonds is 4. The summed E-state index contributed by atoms with van der Waals surface area (Å²) >= 11 is 1.85. The van der Waals surface area contributed by atoms with Gasteiger partial charge in [0, 0.05) is 21.9 Å². The lowest BCUT2D eigenvalue weighted by atomic mass is 10.1. The summed E-state index contributed by atoms with van der Waals surface area (Å²) in [6.07, 6.45) is 0.439. The van der Waals surface area contributed by atoms with Crippen LogP contribution in [0, 0.1) is 0 Å². The number of carbonyl (C=O) groups excluding carboxylic acids is 1. The largest absolute Gasteiger partial charge is 0.453 e. The summed E-state index contributed by atoms with van der Waals surface area (Å²) in [4.78, 5) is 13.9. The molecule has 0 fully saturated rings. The van der Waals surface area contributed by atoms with Gasteiger partial charge in [-0.1, -0.05) is 26.0 Å². The first-order valence-corrected chi connectivity index (χ1v) is 7.42. The fraction of sp³-hybridized carbons (Fsp3) is 0.312. The number of thiophene rings is 1. The van der Waals surface area contributed by atoms with Gasteiger partial charge in [-0.15, -0.1) is 11.3 Å². The van der Waals surface area contributed by atoms with E-state index in [2.05, 4.69) is 42.1 Å². The Labute approximate surface area is 123 Å². The quantitative estimate of drug-likeness (QED) is 0.890. The van der Waals surface area contributed by atoms with E-state index in [1.807, 2.05) is 29.5 Å². The predicted octanol–water partition coefficient (Wildman–Crippen LogP) is 4.64. The van der Waals surface area contributed by atoms with Crippen molar-refractivity contribution >= 4 is 23.1 Å². The average molecular weight is 289 g/mol. The number of nitrogens with one attached hydrogen (secondary N) is 1. The van der Waals surface area contributed by atoms with Gasteiger partial charge in [-0.05, 0) is 35.7 Å². The number of hydrogen-bond donors (Lipinski definition) is 1. The molecule has 2 aromatic rings. The van der Waals surface area contributed by atoms with Crippen molar-refractivity contribution in [2.75, 3.05) is 12.4 Å². The number of methoxy groups -OCH3 is 1. The monoisotopic (exact) mass is 289 g/mol. The predicted molar refractivity (Wildman–Crippen MR) is 83.7 cm³/mol. The van der Waals surface area contributed by atoms with Crippen LogP contribution in [0.5, 0.6) is 0 Å². The fourth-order valence-electron chi connectivity index (χ4n) is 1.93. The number of ether oxygens (including phenoxy) is 1. The van der Waals surface area contributed by atoms with Crippen LogP contribution in [0.4, 0.5) is 10.5 Å². The van der Waals surface area contributed by atoms with E-state index in [0.29, 0.717) is 5.92 Å². The Hall–Kier alpha value is -1.81. The summed E-state index contributed by atoms with van der Waals surface area (Å²) in [5.74, 6) is 0.570. The van der Waals surface area contributed by atoms with Crippen LogP contribution in [0.1, 0.15) is 35.1 Å². The minimum Gasteiger partial charge on any atom is -0.453 e. The van der Waals surface area contributed by atoms with Crippen LogP contribution < -0.4 is 5.32 Å². The maximum atomic E-state index is 11.2. The van der Waals surface area contributed by atoms with Gasteiger partial charge >= 0.3 is 6.09 Å². The van der Waals surface area contributed by atoms with Crippen molar-refractivity contribution in [1.29, 1.82) is 0 Å². The summed E-state index contributed by atoms with van der Waals surface area (Å²) in [6, 6.07) is 12.2. The Kier molecular flexibility index (Phi) is 4.79. The molecular weight excluding hydrogens is 270 g/mol. The molecular formula is C16H19NO2S. The zero-order chi connectivity index (χ0) is 14.5. The van der Waals surface area contributed by atoms with Crippen LogP contribution in [-0.4, -0.2) is 13.2 Å². The number of amides is 1. The van der Waals surface area contributed by atoms with E-state index < -0.39 is 6.09 Å². The molecule has 2 rings (SSSR count). The molecule has 1 N–H and O–H groups in total. The Bertz CT molecular complexity index is 590. The smallest absolute Gasteiger partial charge is 0.411 e. The fourth-order valence-corrected chi connectivity index (χ4v) is 2.98. The van der Waals surface area contributed by atoms with E-state index in [1.54, 1.807) is 0 Å². The Morgan fingerprint density at radius 3 is 2.75 bits per heavy atom. The third kappa shape index (κ3) is 3.84. The topological polar surface area (TPSA) is 38.3 Å². The molecule has 0 bridgehead atoms. The SMILES string of the molecule is COC(=O)Nc1cccc(Cc2ccc(C(C)C)s2)c1. The number of hydrogen-bond acceptors (Lipinski definition) is 3. The first kappa shape index (κ1) is 14.6. The molecule has 0 saturated heterocycles. The maximum absolute atomic E-state index is 11.2. The molecule has 1 aromatic heterocycles. The van der Waals surface area contributed by atoms with Gasteiger partial charge in [0.25, 0.3) is 0 Å². The summed E-state index contributed by atoms with van der Waals surface area (Å²) in [5.41, 5.74) is 1.94. The van der Waals surface area contributed by atoms with Gasteiger partial charge in [0.2, 0.25) is 0 Å². The van der Waals surface area contributed by atoms with Crippen molar-refractivity contribution < 1.29 is 9.53 Å². The minimum absolute atomic E-state index is 0.444. The van der Waals surface area contributed by atoms with Crippen LogP contribution in [-0.2, 0) is 11.2 Å². The maximum Gasteiger partial charge on any atom is 0.411 e. The van der Waals surface area contributed by atoms with Crippen molar-refractivity contribution in [1.82, 2.24) is 0 Å². The van der Waals surface area contributed by atoms with Gasteiger partial charge in [-0.25, -0.2) is 4.79 Å². The Balaban J connectivity index is 2.08. The molecule has 0 radical (unpaired) electrons. The highest BCUT2D eigenvalue weighted by atomic mass is 32.1. The normalized spacial score (nSPS) is 10.6. The summed E-state index contributed by atoms with van der Waals surface area (Å²) in [6.45, 7) is 4.41. The molecule has 0 atom stereocenters. The highest BCUT2D eigenvalue weighted by Crippen LogP contribution is 2.26. The van der Waals surface area contributed by atoms with Gasteiger partial charge in [0.05, 0.1) is 7.11 Å². The molecule has 0 spiro atoms. The van der Waals surface area contributed by atoms with Crippen LogP contribution in [0.15, 0.2) is 36.4 Å². The first-order valence-electron chi connectivity index (χ1n) is 6.61. The van der Waals surface area contributed by atoms with Gasteiger partial charge in [0.1, 0.15) is 0 Å². The second-order valence-corrected chi connectivity index (χ2v) is 6.15. The zero-order valence-corrected chi connectivity index (χ0v) is 12.8. The van der Waals surface area contributed by atoms with Gasteiger partial charge in [-0.3, -0.25) is 5.32 Å².